The Morgan fingerprint density at radius 2 is 2.11 bits per heavy atom. The molecule has 19 heavy (non-hydrogen) atoms. The molecule has 1 unspecified atom stereocenters. The first kappa shape index (κ1) is 15.9. The van der Waals surface area contributed by atoms with Crippen LogP contribution in [0.2, 0.25) is 0 Å². The van der Waals surface area contributed by atoms with Crippen molar-refractivity contribution in [2.75, 3.05) is 18.8 Å². The summed E-state index contributed by atoms with van der Waals surface area (Å²) in [4.78, 5) is 0. The second-order valence-corrected chi connectivity index (χ2v) is 6.12. The summed E-state index contributed by atoms with van der Waals surface area (Å²) in [5, 5.41) is 12.0. The van der Waals surface area contributed by atoms with Gasteiger partial charge in [-0.2, -0.15) is 0 Å². The van der Waals surface area contributed by atoms with Crippen LogP contribution in [-0.4, -0.2) is 32.4 Å². The highest BCUT2D eigenvalue weighted by atomic mass is 32.2. The summed E-state index contributed by atoms with van der Waals surface area (Å²) in [7, 11) is -3.27. The summed E-state index contributed by atoms with van der Waals surface area (Å²) in [5.41, 5.74) is 0.388. The van der Waals surface area contributed by atoms with Crippen LogP contribution in [0.25, 0.3) is 0 Å². The maximum atomic E-state index is 13.6. The molecule has 5 nitrogen and oxygen atoms in total. The van der Waals surface area contributed by atoms with Crippen molar-refractivity contribution in [2.24, 2.45) is 0 Å². The first-order chi connectivity index (χ1) is 8.85. The van der Waals surface area contributed by atoms with Gasteiger partial charge in [-0.05, 0) is 13.0 Å². The van der Waals surface area contributed by atoms with Gasteiger partial charge in [0.2, 0.25) is 10.0 Å². The van der Waals surface area contributed by atoms with Gasteiger partial charge in [-0.3, -0.25) is 0 Å². The maximum Gasteiger partial charge on any atom is 0.212 e. The Morgan fingerprint density at radius 3 is 2.68 bits per heavy atom. The molecule has 0 fully saturated rings. The van der Waals surface area contributed by atoms with Crippen LogP contribution in [0.15, 0.2) is 18.2 Å². The third kappa shape index (κ3) is 5.14. The van der Waals surface area contributed by atoms with Gasteiger partial charge in [0.25, 0.3) is 0 Å². The largest absolute Gasteiger partial charge is 0.508 e. The molecule has 0 bridgehead atoms. The van der Waals surface area contributed by atoms with E-state index < -0.39 is 15.8 Å². The van der Waals surface area contributed by atoms with Gasteiger partial charge in [0.05, 0.1) is 5.75 Å². The van der Waals surface area contributed by atoms with E-state index in [1.165, 1.54) is 12.1 Å². The van der Waals surface area contributed by atoms with Gasteiger partial charge in [-0.25, -0.2) is 17.5 Å². The molecule has 1 aromatic carbocycles. The third-order valence-electron chi connectivity index (χ3n) is 2.64. The lowest BCUT2D eigenvalue weighted by molar-refractivity contribution is 0.464. The highest BCUT2D eigenvalue weighted by Crippen LogP contribution is 2.20. The normalized spacial score (nSPS) is 13.4. The maximum absolute atomic E-state index is 13.6. The quantitative estimate of drug-likeness (QED) is 0.703. The van der Waals surface area contributed by atoms with Gasteiger partial charge < -0.3 is 10.4 Å². The molecule has 108 valence electrons. The number of nitrogens with one attached hydrogen (secondary N) is 2. The zero-order valence-corrected chi connectivity index (χ0v) is 11.8. The Hall–Kier alpha value is -1.18. The van der Waals surface area contributed by atoms with Gasteiger partial charge in [0.1, 0.15) is 11.6 Å². The predicted octanol–water partition coefficient (Wildman–Crippen LogP) is 1.12. The molecule has 0 saturated heterocycles. The summed E-state index contributed by atoms with van der Waals surface area (Å²) in [6.07, 6.45) is 0. The van der Waals surface area contributed by atoms with Gasteiger partial charge in [0, 0.05) is 30.8 Å². The molecular weight excluding hydrogens is 271 g/mol. The summed E-state index contributed by atoms with van der Waals surface area (Å²) in [6, 6.07) is 3.56. The number of sulfonamides is 1. The van der Waals surface area contributed by atoms with E-state index in [0.29, 0.717) is 12.1 Å². The zero-order valence-electron chi connectivity index (χ0n) is 11.0. The average molecular weight is 290 g/mol. The van der Waals surface area contributed by atoms with E-state index in [1.807, 2.05) is 0 Å². The summed E-state index contributed by atoms with van der Waals surface area (Å²) in [5.74, 6) is -0.719. The summed E-state index contributed by atoms with van der Waals surface area (Å²) >= 11 is 0. The molecular formula is C12H19FN2O3S. The molecule has 7 heteroatoms. The number of benzene rings is 1. The minimum Gasteiger partial charge on any atom is -0.508 e. The number of hydrogen-bond acceptors (Lipinski definition) is 4. The molecule has 3 N–H and O–H groups in total. The Kier molecular flexibility index (Phi) is 5.71. The molecule has 0 saturated carbocycles. The fourth-order valence-corrected chi connectivity index (χ4v) is 2.65. The van der Waals surface area contributed by atoms with Gasteiger partial charge >= 0.3 is 0 Å². The van der Waals surface area contributed by atoms with Gasteiger partial charge in [-0.15, -0.1) is 0 Å². The van der Waals surface area contributed by atoms with Crippen LogP contribution in [0.3, 0.4) is 0 Å². The van der Waals surface area contributed by atoms with Crippen molar-refractivity contribution in [3.8, 4) is 5.75 Å². The van der Waals surface area contributed by atoms with Crippen LogP contribution >= 0.6 is 0 Å². The number of phenols is 1. The molecule has 0 aliphatic heterocycles. The van der Waals surface area contributed by atoms with E-state index in [-0.39, 0.29) is 24.1 Å². The highest BCUT2D eigenvalue weighted by Gasteiger charge is 2.13. The van der Waals surface area contributed by atoms with Crippen molar-refractivity contribution >= 4 is 10.0 Å². The van der Waals surface area contributed by atoms with Crippen molar-refractivity contribution < 1.29 is 17.9 Å². The Labute approximate surface area is 112 Å². The standard InChI is InChI=1S/C12H19FN2O3S/c1-3-15-19(17,18)7-6-14-9(2)11-5-4-10(16)8-12(11)13/h4-5,8-9,14-16H,3,6-7H2,1-2H3. The second-order valence-electron chi connectivity index (χ2n) is 4.20. The highest BCUT2D eigenvalue weighted by molar-refractivity contribution is 7.89. The average Bonchev–Trinajstić information content (AvgIpc) is 2.28. The lowest BCUT2D eigenvalue weighted by atomic mass is 10.1. The first-order valence-electron chi connectivity index (χ1n) is 6.05. The van der Waals surface area contributed by atoms with E-state index in [0.717, 1.165) is 6.07 Å². The zero-order chi connectivity index (χ0) is 14.5. The Balaban J connectivity index is 2.54. The van der Waals surface area contributed by atoms with E-state index in [2.05, 4.69) is 10.0 Å². The molecule has 0 aliphatic rings. The van der Waals surface area contributed by atoms with Crippen molar-refractivity contribution in [3.63, 3.8) is 0 Å². The van der Waals surface area contributed by atoms with E-state index in [9.17, 15) is 12.8 Å². The van der Waals surface area contributed by atoms with Crippen molar-refractivity contribution in [2.45, 2.75) is 19.9 Å². The van der Waals surface area contributed by atoms with Crippen molar-refractivity contribution in [1.82, 2.24) is 10.0 Å². The second kappa shape index (κ2) is 6.83. The lowest BCUT2D eigenvalue weighted by Gasteiger charge is -2.15. The van der Waals surface area contributed by atoms with Gasteiger partial charge in [0.15, 0.2) is 0 Å². The van der Waals surface area contributed by atoms with Crippen LogP contribution in [-0.2, 0) is 10.0 Å². The minimum atomic E-state index is -3.27. The lowest BCUT2D eigenvalue weighted by Crippen LogP contribution is -2.32. The third-order valence-corrected chi connectivity index (χ3v) is 4.11. The molecule has 1 atom stereocenters. The SMILES string of the molecule is CCNS(=O)(=O)CCNC(C)c1ccc(O)cc1F. The Bertz CT molecular complexity index is 520. The van der Waals surface area contributed by atoms with E-state index in [4.69, 9.17) is 5.11 Å². The van der Waals surface area contributed by atoms with Crippen LogP contribution in [0.4, 0.5) is 4.39 Å². The number of phenolic OH excluding ortho intramolecular Hbond substituents is 1. The number of aromatic hydroxyl groups is 1. The van der Waals surface area contributed by atoms with Crippen LogP contribution in [0.1, 0.15) is 25.5 Å². The van der Waals surface area contributed by atoms with Gasteiger partial charge in [-0.1, -0.05) is 13.0 Å². The van der Waals surface area contributed by atoms with E-state index in [1.54, 1.807) is 13.8 Å². The molecule has 0 amide bonds. The molecule has 0 aromatic heterocycles. The fraction of sp³-hybridized carbons (Fsp3) is 0.500. The van der Waals surface area contributed by atoms with Crippen molar-refractivity contribution in [1.29, 1.82) is 0 Å². The van der Waals surface area contributed by atoms with Crippen LogP contribution in [0, 0.1) is 5.82 Å². The molecule has 0 heterocycles. The summed E-state index contributed by atoms with van der Waals surface area (Å²) < 4.78 is 38.7. The monoisotopic (exact) mass is 290 g/mol. The van der Waals surface area contributed by atoms with Crippen molar-refractivity contribution in [3.05, 3.63) is 29.6 Å². The smallest absolute Gasteiger partial charge is 0.212 e. The fourth-order valence-electron chi connectivity index (χ4n) is 1.68. The predicted molar refractivity (Wildman–Crippen MR) is 71.9 cm³/mol. The molecule has 1 aromatic rings. The van der Waals surface area contributed by atoms with E-state index >= 15 is 0 Å². The molecule has 0 aliphatic carbocycles. The van der Waals surface area contributed by atoms with Crippen LogP contribution in [0.5, 0.6) is 5.75 Å². The molecule has 1 rings (SSSR count). The summed E-state index contributed by atoms with van der Waals surface area (Å²) in [6.45, 7) is 4.01. The first-order valence-corrected chi connectivity index (χ1v) is 7.70. The Morgan fingerprint density at radius 1 is 1.42 bits per heavy atom. The minimum absolute atomic E-state index is 0.0646. The topological polar surface area (TPSA) is 78.4 Å². The number of rotatable bonds is 7. The molecule has 0 spiro atoms. The van der Waals surface area contributed by atoms with Crippen LogP contribution < -0.4 is 10.0 Å². The number of hydrogen-bond donors (Lipinski definition) is 3. The number of halogens is 1. The molecule has 0 radical (unpaired) electrons.